The largest absolute Gasteiger partial charge is 0.474 e. The Morgan fingerprint density at radius 1 is 1.03 bits per heavy atom. The van der Waals surface area contributed by atoms with E-state index in [1.54, 1.807) is 52.0 Å². The van der Waals surface area contributed by atoms with Crippen LogP contribution in [0.5, 0.6) is 0 Å². The summed E-state index contributed by atoms with van der Waals surface area (Å²) in [5.41, 5.74) is -1.78. The molecule has 1 atom stereocenters. The predicted octanol–water partition coefficient (Wildman–Crippen LogP) is 8.14. The van der Waals surface area contributed by atoms with Gasteiger partial charge in [-0.15, -0.1) is 0 Å². The molecule has 0 aliphatic carbocycles. The normalized spacial score (nSPS) is 14.2. The van der Waals surface area contributed by atoms with Crippen LogP contribution in [0.2, 0.25) is 5.02 Å². The number of alkyl halides is 3. The zero-order chi connectivity index (χ0) is 28.8. The number of carbonyl (C=O) groups is 1. The number of hydrogen-bond donors (Lipinski definition) is 1. The Morgan fingerprint density at radius 3 is 2.21 bits per heavy atom. The second-order valence-corrected chi connectivity index (χ2v) is 13.1. The van der Waals surface area contributed by atoms with Crippen molar-refractivity contribution in [2.24, 2.45) is 0 Å². The molecule has 38 heavy (non-hydrogen) atoms. The van der Waals surface area contributed by atoms with Crippen molar-refractivity contribution >= 4 is 37.3 Å². The summed E-state index contributed by atoms with van der Waals surface area (Å²) in [6, 6.07) is 10.2. The molecule has 212 valence electrons. The van der Waals surface area contributed by atoms with E-state index in [0.717, 1.165) is 29.5 Å². The lowest BCUT2D eigenvalue weighted by molar-refractivity contribution is -0.137. The third-order valence-electron chi connectivity index (χ3n) is 5.16. The highest BCUT2D eigenvalue weighted by Gasteiger charge is 2.34. The van der Waals surface area contributed by atoms with Gasteiger partial charge >= 0.3 is 20.1 Å². The highest BCUT2D eigenvalue weighted by Crippen LogP contribution is 2.48. The van der Waals surface area contributed by atoms with Crippen molar-refractivity contribution < 1.29 is 40.8 Å². The van der Waals surface area contributed by atoms with Crippen LogP contribution in [0.3, 0.4) is 0 Å². The number of phosphoric ester groups is 1. The van der Waals surface area contributed by atoms with Crippen LogP contribution in [0.25, 0.3) is 0 Å². The summed E-state index contributed by atoms with van der Waals surface area (Å²) in [5.74, 6) is 0. The van der Waals surface area contributed by atoms with Crippen molar-refractivity contribution in [3.8, 4) is 0 Å². The molecule has 7 nitrogen and oxygen atoms in total. The van der Waals surface area contributed by atoms with E-state index in [9.17, 15) is 22.5 Å². The van der Waals surface area contributed by atoms with Crippen LogP contribution in [-0.2, 0) is 35.5 Å². The average molecular weight is 598 g/mol. The molecular weight excluding hydrogens is 566 g/mol. The maximum absolute atomic E-state index is 13.0. The molecule has 2 aromatic carbocycles. The summed E-state index contributed by atoms with van der Waals surface area (Å²) < 4.78 is 71.9. The zero-order valence-corrected chi connectivity index (χ0v) is 24.4. The Labute approximate surface area is 230 Å². The van der Waals surface area contributed by atoms with Gasteiger partial charge in [0.1, 0.15) is 5.60 Å². The van der Waals surface area contributed by atoms with Crippen LogP contribution < -0.4 is 5.32 Å². The van der Waals surface area contributed by atoms with E-state index in [-0.39, 0.29) is 6.61 Å². The molecule has 0 fully saturated rings. The van der Waals surface area contributed by atoms with E-state index in [2.05, 4.69) is 5.32 Å². The fraction of sp³-hybridized carbons (Fsp3) is 0.480. The number of phosphoric acid groups is 1. The molecule has 0 bridgehead atoms. The minimum absolute atomic E-state index is 0.216. The number of carbonyl (C=O) groups excluding carboxylic acids is 1. The molecule has 0 spiro atoms. The molecule has 13 heteroatoms. The van der Waals surface area contributed by atoms with Crippen LogP contribution in [0, 0.1) is 0 Å². The number of amides is 1. The third kappa shape index (κ3) is 10.4. The molecular formula is C25H32ClF3NO6PS. The Hall–Kier alpha value is -1.75. The van der Waals surface area contributed by atoms with Crippen molar-refractivity contribution in [2.75, 3.05) is 20.8 Å². The van der Waals surface area contributed by atoms with Gasteiger partial charge in [0.2, 0.25) is 0 Å². The van der Waals surface area contributed by atoms with Gasteiger partial charge in [-0.1, -0.05) is 35.5 Å². The Bertz CT molecular complexity index is 1150. The number of ether oxygens (including phenoxy) is 1. The lowest BCUT2D eigenvalue weighted by Crippen LogP contribution is -2.51. The standard InChI is InChI=1S/C25H32ClF3NO6PS/c1-23(2,3)36-22(31)30-24(4,16-35-37(32,33-5)34-6)13-12-17-10-11-20(15-21(17)26)38-19-9-7-8-18(14-19)25(27,28)29/h7-11,14-15H,12-13,16H2,1-6H3,(H,30,31). The number of nitrogens with one attached hydrogen (secondary N) is 1. The number of alkyl carbamates (subject to hydrolysis) is 1. The summed E-state index contributed by atoms with van der Waals surface area (Å²) in [4.78, 5) is 13.6. The van der Waals surface area contributed by atoms with Gasteiger partial charge in [0.15, 0.2) is 0 Å². The highest BCUT2D eigenvalue weighted by atomic mass is 35.5. The molecule has 2 aromatic rings. The first-order chi connectivity index (χ1) is 17.5. The van der Waals surface area contributed by atoms with E-state index in [4.69, 9.17) is 29.9 Å². The second-order valence-electron chi connectivity index (χ2n) is 9.65. The molecule has 0 saturated heterocycles. The quantitative estimate of drug-likeness (QED) is 0.262. The molecule has 2 rings (SSSR count). The zero-order valence-electron chi connectivity index (χ0n) is 22.0. The van der Waals surface area contributed by atoms with E-state index < -0.39 is 36.8 Å². The van der Waals surface area contributed by atoms with Crippen molar-refractivity contribution in [2.45, 2.75) is 67.6 Å². The SMILES string of the molecule is COP(=O)(OC)OCC(C)(CCc1ccc(Sc2cccc(C(F)(F)F)c2)cc1Cl)NC(=O)OC(C)(C)C. The first-order valence-corrected chi connectivity index (χ1v) is 14.1. The van der Waals surface area contributed by atoms with Crippen LogP contribution in [-0.4, -0.2) is 38.1 Å². The minimum atomic E-state index is -4.43. The van der Waals surface area contributed by atoms with E-state index in [1.807, 2.05) is 0 Å². The van der Waals surface area contributed by atoms with Crippen LogP contribution in [0.15, 0.2) is 52.3 Å². The second kappa shape index (κ2) is 13.1. The fourth-order valence-electron chi connectivity index (χ4n) is 3.20. The van der Waals surface area contributed by atoms with Gasteiger partial charge < -0.3 is 10.1 Å². The van der Waals surface area contributed by atoms with Crippen molar-refractivity contribution in [3.63, 3.8) is 0 Å². The number of rotatable bonds is 11. The van der Waals surface area contributed by atoms with Crippen LogP contribution >= 0.6 is 31.2 Å². The van der Waals surface area contributed by atoms with Crippen LogP contribution in [0.1, 0.15) is 45.2 Å². The van der Waals surface area contributed by atoms with Crippen molar-refractivity contribution in [3.05, 3.63) is 58.6 Å². The van der Waals surface area contributed by atoms with Gasteiger partial charge in [-0.25, -0.2) is 9.36 Å². The highest BCUT2D eigenvalue weighted by molar-refractivity contribution is 7.99. The van der Waals surface area contributed by atoms with Gasteiger partial charge in [0.05, 0.1) is 17.7 Å². The number of benzene rings is 2. The molecule has 1 unspecified atom stereocenters. The molecule has 0 radical (unpaired) electrons. The summed E-state index contributed by atoms with van der Waals surface area (Å²) >= 11 is 7.65. The predicted molar refractivity (Wildman–Crippen MR) is 141 cm³/mol. The lowest BCUT2D eigenvalue weighted by Gasteiger charge is -2.32. The number of aryl methyl sites for hydroxylation is 1. The fourth-order valence-corrected chi connectivity index (χ4v) is 5.26. The van der Waals surface area contributed by atoms with E-state index in [1.165, 1.54) is 20.3 Å². The Kier molecular flexibility index (Phi) is 11.2. The van der Waals surface area contributed by atoms with Gasteiger partial charge in [0, 0.05) is 29.0 Å². The summed E-state index contributed by atoms with van der Waals surface area (Å²) in [6.07, 6.45) is -4.43. The van der Waals surface area contributed by atoms with E-state index in [0.29, 0.717) is 27.7 Å². The maximum Gasteiger partial charge on any atom is 0.474 e. The minimum Gasteiger partial charge on any atom is -0.444 e. The number of hydrogen-bond acceptors (Lipinski definition) is 7. The molecule has 0 aliphatic rings. The smallest absolute Gasteiger partial charge is 0.444 e. The Morgan fingerprint density at radius 2 is 1.66 bits per heavy atom. The van der Waals surface area contributed by atoms with Gasteiger partial charge in [-0.05, 0) is 76.4 Å². The van der Waals surface area contributed by atoms with Crippen molar-refractivity contribution in [1.82, 2.24) is 5.32 Å². The molecule has 0 aliphatic heterocycles. The van der Waals surface area contributed by atoms with Crippen molar-refractivity contribution in [1.29, 1.82) is 0 Å². The third-order valence-corrected chi connectivity index (χ3v) is 7.83. The average Bonchev–Trinajstić information content (AvgIpc) is 2.80. The molecule has 0 heterocycles. The van der Waals surface area contributed by atoms with Gasteiger partial charge in [0.25, 0.3) is 0 Å². The molecule has 0 aromatic heterocycles. The lowest BCUT2D eigenvalue weighted by atomic mass is 9.94. The monoisotopic (exact) mass is 597 g/mol. The molecule has 0 saturated carbocycles. The number of halogens is 4. The Balaban J connectivity index is 2.17. The first kappa shape index (κ1) is 32.5. The van der Waals surface area contributed by atoms with Gasteiger partial charge in [-0.2, -0.15) is 13.2 Å². The molecule has 1 amide bonds. The molecule has 1 N–H and O–H groups in total. The van der Waals surface area contributed by atoms with Crippen LogP contribution in [0.4, 0.5) is 18.0 Å². The maximum atomic E-state index is 13.0. The summed E-state index contributed by atoms with van der Waals surface area (Å²) in [5, 5.41) is 3.17. The van der Waals surface area contributed by atoms with E-state index >= 15 is 0 Å². The summed E-state index contributed by atoms with van der Waals surface area (Å²) in [6.45, 7) is 6.65. The van der Waals surface area contributed by atoms with Gasteiger partial charge in [-0.3, -0.25) is 13.6 Å². The summed E-state index contributed by atoms with van der Waals surface area (Å²) in [7, 11) is -1.45. The topological polar surface area (TPSA) is 83.1 Å². The first-order valence-electron chi connectivity index (χ1n) is 11.5.